The first kappa shape index (κ1) is 19.9. The van der Waals surface area contributed by atoms with Gasteiger partial charge in [0.15, 0.2) is 5.69 Å². The summed E-state index contributed by atoms with van der Waals surface area (Å²) in [6, 6.07) is 5.78. The molecule has 29 heavy (non-hydrogen) atoms. The number of nitrogens with one attached hydrogen (secondary N) is 1. The first-order valence-electron chi connectivity index (χ1n) is 10.1. The number of piperidine rings is 1. The molecule has 0 bridgehead atoms. The molecule has 2 aliphatic heterocycles. The molecule has 8 heteroatoms. The van der Waals surface area contributed by atoms with E-state index in [0.717, 1.165) is 36.8 Å². The lowest BCUT2D eigenvalue weighted by Gasteiger charge is -2.33. The molecular formula is C21H25F3N4O. The number of nitrogens with zero attached hydrogens (tertiary/aromatic N) is 3. The van der Waals surface area contributed by atoms with Crippen molar-refractivity contribution in [2.24, 2.45) is 0 Å². The normalized spacial score (nSPS) is 18.7. The predicted octanol–water partition coefficient (Wildman–Crippen LogP) is 3.83. The molecule has 1 aromatic carbocycles. The minimum absolute atomic E-state index is 0.122. The van der Waals surface area contributed by atoms with Gasteiger partial charge < -0.3 is 4.90 Å². The van der Waals surface area contributed by atoms with Crippen molar-refractivity contribution in [3.8, 4) is 0 Å². The van der Waals surface area contributed by atoms with Gasteiger partial charge in [-0.3, -0.25) is 14.8 Å². The number of carbonyl (C=O) groups excluding carboxylic acids is 1. The van der Waals surface area contributed by atoms with Gasteiger partial charge in [0.05, 0.1) is 5.56 Å². The Balaban J connectivity index is 1.46. The number of likely N-dealkylation sites (tertiary alicyclic amines) is 1. The summed E-state index contributed by atoms with van der Waals surface area (Å²) >= 11 is 0. The maximum atomic E-state index is 13.3. The summed E-state index contributed by atoms with van der Waals surface area (Å²) in [6.07, 6.45) is -2.47. The Morgan fingerprint density at radius 2 is 1.93 bits per heavy atom. The lowest BCUT2D eigenvalue weighted by atomic mass is 9.86. The van der Waals surface area contributed by atoms with Crippen LogP contribution >= 0.6 is 0 Å². The molecule has 0 aliphatic carbocycles. The lowest BCUT2D eigenvalue weighted by Crippen LogP contribution is -2.39. The second-order valence-electron chi connectivity index (χ2n) is 7.80. The zero-order chi connectivity index (χ0) is 20.6. The molecule has 1 fully saturated rings. The van der Waals surface area contributed by atoms with Crippen molar-refractivity contribution >= 4 is 5.91 Å². The molecule has 0 radical (unpaired) electrons. The van der Waals surface area contributed by atoms with E-state index >= 15 is 0 Å². The van der Waals surface area contributed by atoms with Gasteiger partial charge in [-0.1, -0.05) is 25.1 Å². The van der Waals surface area contributed by atoms with Gasteiger partial charge in [-0.15, -0.1) is 0 Å². The Bertz CT molecular complexity index is 884. The van der Waals surface area contributed by atoms with Crippen molar-refractivity contribution in [3.05, 3.63) is 52.3 Å². The van der Waals surface area contributed by atoms with Crippen LogP contribution in [0.15, 0.2) is 24.3 Å². The number of aromatic amines is 1. The fourth-order valence-electron chi connectivity index (χ4n) is 4.45. The van der Waals surface area contributed by atoms with Crippen molar-refractivity contribution in [1.82, 2.24) is 20.0 Å². The second-order valence-corrected chi connectivity index (χ2v) is 7.80. The third-order valence-corrected chi connectivity index (χ3v) is 6.15. The molecule has 1 saturated heterocycles. The molecule has 2 aliphatic rings. The number of hydrogen-bond acceptors (Lipinski definition) is 3. The molecule has 1 aromatic heterocycles. The standard InChI is InChI=1S/C21H25F3N4O/c1-2-27-10-9-18-16(13-27)19(26-25-18)20(29)28-11-7-14(8-12-28)15-5-3-4-6-17(15)21(22,23)24/h3-6,14H,2,7-13H2,1H3,(H,25,26). The highest BCUT2D eigenvalue weighted by atomic mass is 19.4. The number of halogens is 3. The summed E-state index contributed by atoms with van der Waals surface area (Å²) in [5.74, 6) is -0.316. The molecule has 3 heterocycles. The maximum absolute atomic E-state index is 13.3. The Hall–Kier alpha value is -2.35. The van der Waals surface area contributed by atoms with Crippen LogP contribution in [-0.2, 0) is 19.1 Å². The molecule has 0 spiro atoms. The van der Waals surface area contributed by atoms with E-state index in [-0.39, 0.29) is 11.8 Å². The number of likely N-dealkylation sites (N-methyl/N-ethyl adjacent to an activating group) is 1. The van der Waals surface area contributed by atoms with Crippen LogP contribution in [0.2, 0.25) is 0 Å². The van der Waals surface area contributed by atoms with E-state index in [1.807, 2.05) is 0 Å². The van der Waals surface area contributed by atoms with E-state index in [1.54, 1.807) is 17.0 Å². The van der Waals surface area contributed by atoms with Crippen LogP contribution in [-0.4, -0.2) is 52.1 Å². The zero-order valence-electron chi connectivity index (χ0n) is 16.4. The van der Waals surface area contributed by atoms with Gasteiger partial charge in [0.25, 0.3) is 5.91 Å². The fourth-order valence-corrected chi connectivity index (χ4v) is 4.45. The van der Waals surface area contributed by atoms with E-state index in [9.17, 15) is 18.0 Å². The van der Waals surface area contributed by atoms with Gasteiger partial charge in [0.1, 0.15) is 0 Å². The van der Waals surface area contributed by atoms with E-state index in [4.69, 9.17) is 0 Å². The van der Waals surface area contributed by atoms with Crippen LogP contribution in [0.1, 0.15) is 58.6 Å². The Labute approximate surface area is 167 Å². The minimum Gasteiger partial charge on any atom is -0.337 e. The van der Waals surface area contributed by atoms with Gasteiger partial charge in [-0.2, -0.15) is 18.3 Å². The SMILES string of the molecule is CCN1CCc2[nH]nc(C(=O)N3CCC(c4ccccc4C(F)(F)F)CC3)c2C1. The molecule has 0 saturated carbocycles. The number of carbonyl (C=O) groups is 1. The van der Waals surface area contributed by atoms with E-state index in [0.29, 0.717) is 43.7 Å². The van der Waals surface area contributed by atoms with E-state index in [2.05, 4.69) is 22.0 Å². The van der Waals surface area contributed by atoms with E-state index < -0.39 is 11.7 Å². The minimum atomic E-state index is -4.36. The first-order valence-corrected chi connectivity index (χ1v) is 10.1. The highest BCUT2D eigenvalue weighted by Crippen LogP contribution is 2.38. The van der Waals surface area contributed by atoms with Crippen molar-refractivity contribution in [3.63, 3.8) is 0 Å². The smallest absolute Gasteiger partial charge is 0.337 e. The molecule has 5 nitrogen and oxygen atoms in total. The first-order chi connectivity index (χ1) is 13.9. The summed E-state index contributed by atoms with van der Waals surface area (Å²) in [7, 11) is 0. The monoisotopic (exact) mass is 406 g/mol. The average molecular weight is 406 g/mol. The summed E-state index contributed by atoms with van der Waals surface area (Å²) in [5.41, 5.74) is 2.22. The molecule has 156 valence electrons. The second kappa shape index (κ2) is 7.82. The fraction of sp³-hybridized carbons (Fsp3) is 0.524. The van der Waals surface area contributed by atoms with Gasteiger partial charge >= 0.3 is 6.18 Å². The van der Waals surface area contributed by atoms with Gasteiger partial charge in [-0.25, -0.2) is 0 Å². The van der Waals surface area contributed by atoms with Crippen LogP contribution in [0.3, 0.4) is 0 Å². The largest absolute Gasteiger partial charge is 0.416 e. The number of hydrogen-bond donors (Lipinski definition) is 1. The Morgan fingerprint density at radius 1 is 1.21 bits per heavy atom. The maximum Gasteiger partial charge on any atom is 0.416 e. The third kappa shape index (κ3) is 3.90. The number of rotatable bonds is 3. The number of benzene rings is 1. The molecule has 2 aromatic rings. The molecular weight excluding hydrogens is 381 g/mol. The molecule has 1 N–H and O–H groups in total. The number of H-pyrrole nitrogens is 1. The lowest BCUT2D eigenvalue weighted by molar-refractivity contribution is -0.138. The quantitative estimate of drug-likeness (QED) is 0.843. The van der Waals surface area contributed by atoms with Gasteiger partial charge in [0.2, 0.25) is 0 Å². The molecule has 1 amide bonds. The molecule has 0 atom stereocenters. The van der Waals surface area contributed by atoms with Crippen molar-refractivity contribution in [2.75, 3.05) is 26.2 Å². The average Bonchev–Trinajstić information content (AvgIpc) is 3.16. The number of aromatic nitrogens is 2. The highest BCUT2D eigenvalue weighted by Gasteiger charge is 2.36. The third-order valence-electron chi connectivity index (χ3n) is 6.15. The van der Waals surface area contributed by atoms with Crippen LogP contribution in [0.4, 0.5) is 13.2 Å². The summed E-state index contributed by atoms with van der Waals surface area (Å²) in [6.45, 7) is 5.55. The van der Waals surface area contributed by atoms with Crippen molar-refractivity contribution < 1.29 is 18.0 Å². The summed E-state index contributed by atoms with van der Waals surface area (Å²) in [4.78, 5) is 17.0. The predicted molar refractivity (Wildman–Crippen MR) is 103 cm³/mol. The zero-order valence-corrected chi connectivity index (χ0v) is 16.4. The number of amides is 1. The number of fused-ring (bicyclic) bond motifs is 1. The van der Waals surface area contributed by atoms with Crippen molar-refractivity contribution in [1.29, 1.82) is 0 Å². The van der Waals surface area contributed by atoms with E-state index in [1.165, 1.54) is 6.07 Å². The van der Waals surface area contributed by atoms with Crippen LogP contribution < -0.4 is 0 Å². The Kier molecular flexibility index (Phi) is 5.38. The highest BCUT2D eigenvalue weighted by molar-refractivity contribution is 5.94. The van der Waals surface area contributed by atoms with Gasteiger partial charge in [0, 0.05) is 43.9 Å². The molecule has 0 unspecified atom stereocenters. The molecule has 4 rings (SSSR count). The van der Waals surface area contributed by atoms with Gasteiger partial charge in [-0.05, 0) is 36.9 Å². The number of alkyl halides is 3. The van der Waals surface area contributed by atoms with Crippen LogP contribution in [0, 0.1) is 0 Å². The summed E-state index contributed by atoms with van der Waals surface area (Å²) < 4.78 is 40.0. The Morgan fingerprint density at radius 3 is 2.62 bits per heavy atom. The topological polar surface area (TPSA) is 52.2 Å². The van der Waals surface area contributed by atoms with Crippen LogP contribution in [0.5, 0.6) is 0 Å². The van der Waals surface area contributed by atoms with Crippen LogP contribution in [0.25, 0.3) is 0 Å². The summed E-state index contributed by atoms with van der Waals surface area (Å²) in [5, 5.41) is 7.27. The van der Waals surface area contributed by atoms with Crippen molar-refractivity contribution in [2.45, 2.75) is 44.8 Å².